The zero-order chi connectivity index (χ0) is 25.3. The van der Waals surface area contributed by atoms with Crippen LogP contribution in [0.25, 0.3) is 0 Å². The minimum absolute atomic E-state index is 0.109. The molecule has 0 spiro atoms. The highest BCUT2D eigenvalue weighted by Gasteiger charge is 2.23. The fourth-order valence-corrected chi connectivity index (χ4v) is 3.22. The second kappa shape index (κ2) is 13.0. The number of allylic oxidation sites excluding steroid dienone is 3. The maximum atomic E-state index is 12.8. The molecule has 0 aromatic carbocycles. The SMILES string of the molecule is CC(/C=C(\C=N/CC(F)F)C(C)N(C=C1CC1)Cc1c(C)ccnc1C(=O)NCC(C)O)=C\O. The van der Waals surface area contributed by atoms with Gasteiger partial charge in [-0.3, -0.25) is 14.8 Å². The number of aromatic nitrogens is 1. The van der Waals surface area contributed by atoms with E-state index in [9.17, 15) is 23.8 Å². The molecule has 34 heavy (non-hydrogen) atoms. The third kappa shape index (κ3) is 8.70. The normalized spacial score (nSPS) is 16.1. The first-order valence-corrected chi connectivity index (χ1v) is 11.3. The fourth-order valence-electron chi connectivity index (χ4n) is 3.22. The number of aliphatic hydroxyl groups is 2. The molecule has 1 aliphatic rings. The molecule has 2 atom stereocenters. The van der Waals surface area contributed by atoms with E-state index >= 15 is 0 Å². The summed E-state index contributed by atoms with van der Waals surface area (Å²) in [5.41, 5.74) is 4.32. The average Bonchev–Trinajstić information content (AvgIpc) is 3.60. The van der Waals surface area contributed by atoms with Gasteiger partial charge in [0.1, 0.15) is 5.69 Å². The molecule has 1 aliphatic carbocycles. The van der Waals surface area contributed by atoms with Gasteiger partial charge < -0.3 is 20.4 Å². The topological polar surface area (TPSA) is 98.1 Å². The van der Waals surface area contributed by atoms with Crippen LogP contribution in [0.5, 0.6) is 0 Å². The number of alkyl halides is 2. The number of amides is 1. The van der Waals surface area contributed by atoms with Crippen LogP contribution in [0.3, 0.4) is 0 Å². The number of aliphatic imine (C=N–C) groups is 1. The van der Waals surface area contributed by atoms with E-state index in [1.165, 1.54) is 11.8 Å². The van der Waals surface area contributed by atoms with Gasteiger partial charge in [-0.2, -0.15) is 0 Å². The number of carbonyl (C=O) groups excluding carboxylic acids is 1. The van der Waals surface area contributed by atoms with Gasteiger partial charge in [0.2, 0.25) is 0 Å². The number of carbonyl (C=O) groups is 1. The van der Waals surface area contributed by atoms with Crippen LogP contribution in [0, 0.1) is 6.92 Å². The Morgan fingerprint density at radius 3 is 2.65 bits per heavy atom. The van der Waals surface area contributed by atoms with Crippen molar-refractivity contribution in [2.75, 3.05) is 13.1 Å². The first-order valence-electron chi connectivity index (χ1n) is 11.3. The maximum Gasteiger partial charge on any atom is 0.270 e. The Kier molecular flexibility index (Phi) is 10.4. The minimum atomic E-state index is -2.55. The Balaban J connectivity index is 2.41. The van der Waals surface area contributed by atoms with Gasteiger partial charge in [-0.15, -0.1) is 0 Å². The van der Waals surface area contributed by atoms with E-state index in [1.54, 1.807) is 26.1 Å². The predicted molar refractivity (Wildman–Crippen MR) is 129 cm³/mol. The van der Waals surface area contributed by atoms with Gasteiger partial charge in [0.15, 0.2) is 0 Å². The minimum Gasteiger partial charge on any atom is -0.515 e. The van der Waals surface area contributed by atoms with Crippen LogP contribution < -0.4 is 5.32 Å². The second-order valence-corrected chi connectivity index (χ2v) is 8.55. The molecule has 2 rings (SSSR count). The summed E-state index contributed by atoms with van der Waals surface area (Å²) >= 11 is 0. The van der Waals surface area contributed by atoms with Crippen molar-refractivity contribution in [3.8, 4) is 0 Å². The summed E-state index contributed by atoms with van der Waals surface area (Å²) in [6.07, 6.45) is 6.38. The Morgan fingerprint density at radius 2 is 2.06 bits per heavy atom. The Morgan fingerprint density at radius 1 is 1.35 bits per heavy atom. The third-order valence-corrected chi connectivity index (χ3v) is 5.35. The van der Waals surface area contributed by atoms with Crippen LogP contribution >= 0.6 is 0 Å². The number of hydrogen-bond donors (Lipinski definition) is 3. The van der Waals surface area contributed by atoms with Crippen LogP contribution in [0.1, 0.15) is 55.2 Å². The van der Waals surface area contributed by atoms with Crippen LogP contribution in [0.15, 0.2) is 52.5 Å². The van der Waals surface area contributed by atoms with Crippen molar-refractivity contribution in [3.63, 3.8) is 0 Å². The molecule has 0 bridgehead atoms. The summed E-state index contributed by atoms with van der Waals surface area (Å²) in [6.45, 7) is 6.96. The zero-order valence-corrected chi connectivity index (χ0v) is 20.1. The van der Waals surface area contributed by atoms with Gasteiger partial charge in [0.25, 0.3) is 12.3 Å². The molecule has 9 heteroatoms. The fraction of sp³-hybridized carbons (Fsp3) is 0.480. The lowest BCUT2D eigenvalue weighted by atomic mass is 10.0. The predicted octanol–water partition coefficient (Wildman–Crippen LogP) is 4.09. The number of pyridine rings is 1. The number of nitrogens with zero attached hydrogens (tertiary/aromatic N) is 3. The standard InChI is InChI=1S/C25H34F2N4O3/c1-16(15-32)9-21(11-28-12-23(26)27)19(4)31(13-20-5-6-20)14-22-17(2)7-8-29-24(22)25(34)30-10-18(3)33/h7-9,11,13,15,18-19,23,32-33H,5-6,10,12,14H2,1-4H3,(H,30,34)/b16-15+,21-9+,28-11-. The molecule has 3 N–H and O–H groups in total. The molecule has 1 amide bonds. The molecule has 0 radical (unpaired) electrons. The van der Waals surface area contributed by atoms with Crippen molar-refractivity contribution in [2.24, 2.45) is 4.99 Å². The van der Waals surface area contributed by atoms with Crippen molar-refractivity contribution < 1.29 is 23.8 Å². The molecule has 1 heterocycles. The third-order valence-electron chi connectivity index (χ3n) is 5.35. The zero-order valence-electron chi connectivity index (χ0n) is 20.1. The monoisotopic (exact) mass is 476 g/mol. The van der Waals surface area contributed by atoms with E-state index < -0.39 is 19.1 Å². The molecule has 7 nitrogen and oxygen atoms in total. The molecule has 2 unspecified atom stereocenters. The summed E-state index contributed by atoms with van der Waals surface area (Å²) in [6, 6.07) is 1.53. The summed E-state index contributed by atoms with van der Waals surface area (Å²) in [7, 11) is 0. The summed E-state index contributed by atoms with van der Waals surface area (Å²) in [4.78, 5) is 23.0. The average molecular weight is 477 g/mol. The maximum absolute atomic E-state index is 12.8. The highest BCUT2D eigenvalue weighted by atomic mass is 19.3. The molecule has 1 fully saturated rings. The Bertz CT molecular complexity index is 965. The molecule has 1 aromatic heterocycles. The van der Waals surface area contributed by atoms with E-state index in [-0.39, 0.29) is 24.2 Å². The van der Waals surface area contributed by atoms with Crippen molar-refractivity contribution in [1.82, 2.24) is 15.2 Å². The highest BCUT2D eigenvalue weighted by Crippen LogP contribution is 2.30. The second-order valence-electron chi connectivity index (χ2n) is 8.55. The lowest BCUT2D eigenvalue weighted by molar-refractivity contribution is 0.0917. The van der Waals surface area contributed by atoms with E-state index in [1.807, 2.05) is 31.0 Å². The number of rotatable bonds is 12. The van der Waals surface area contributed by atoms with Gasteiger partial charge in [-0.05, 0) is 75.6 Å². The van der Waals surface area contributed by atoms with E-state index in [0.29, 0.717) is 17.7 Å². The summed E-state index contributed by atoms with van der Waals surface area (Å²) in [5.74, 6) is -0.375. The number of nitrogens with one attached hydrogen (secondary N) is 1. The quantitative estimate of drug-likeness (QED) is 0.240. The van der Waals surface area contributed by atoms with Gasteiger partial charge in [-0.1, -0.05) is 5.57 Å². The molecule has 0 aliphatic heterocycles. The lowest BCUT2D eigenvalue weighted by Crippen LogP contribution is -2.34. The van der Waals surface area contributed by atoms with E-state index in [4.69, 9.17) is 0 Å². The van der Waals surface area contributed by atoms with Gasteiger partial charge >= 0.3 is 0 Å². The number of halogens is 2. The summed E-state index contributed by atoms with van der Waals surface area (Å²) in [5, 5.41) is 21.6. The lowest BCUT2D eigenvalue weighted by Gasteiger charge is -2.30. The smallest absolute Gasteiger partial charge is 0.270 e. The van der Waals surface area contributed by atoms with E-state index in [2.05, 4.69) is 15.3 Å². The first-order chi connectivity index (χ1) is 16.1. The van der Waals surface area contributed by atoms with Crippen LogP contribution in [0.4, 0.5) is 8.78 Å². The molecular weight excluding hydrogens is 442 g/mol. The van der Waals surface area contributed by atoms with Crippen molar-refractivity contribution in [3.05, 3.63) is 64.3 Å². The summed E-state index contributed by atoms with van der Waals surface area (Å²) < 4.78 is 25.3. The Hall–Kier alpha value is -3.07. The number of aryl methyl sites for hydroxylation is 1. The van der Waals surface area contributed by atoms with Crippen LogP contribution in [-0.2, 0) is 6.54 Å². The molecule has 0 saturated heterocycles. The molecule has 186 valence electrons. The van der Waals surface area contributed by atoms with Gasteiger partial charge in [0, 0.05) is 31.1 Å². The largest absolute Gasteiger partial charge is 0.515 e. The van der Waals surface area contributed by atoms with Crippen LogP contribution in [0.2, 0.25) is 0 Å². The van der Waals surface area contributed by atoms with Gasteiger partial charge in [0.05, 0.1) is 25.0 Å². The van der Waals surface area contributed by atoms with Crippen molar-refractivity contribution >= 4 is 12.1 Å². The Labute approximate surface area is 199 Å². The first kappa shape index (κ1) is 27.2. The van der Waals surface area contributed by atoms with Crippen molar-refractivity contribution in [1.29, 1.82) is 0 Å². The van der Waals surface area contributed by atoms with Crippen molar-refractivity contribution in [2.45, 2.75) is 65.7 Å². The number of hydrogen-bond acceptors (Lipinski definition) is 6. The molecule has 1 saturated carbocycles. The van der Waals surface area contributed by atoms with Crippen LogP contribution in [-0.4, -0.2) is 63.9 Å². The molecular formula is C25H34F2N4O3. The number of aliphatic hydroxyl groups excluding tert-OH is 2. The van der Waals surface area contributed by atoms with Gasteiger partial charge in [-0.25, -0.2) is 8.78 Å². The molecule has 1 aromatic rings. The highest BCUT2D eigenvalue weighted by molar-refractivity contribution is 5.94. The van der Waals surface area contributed by atoms with E-state index in [0.717, 1.165) is 30.2 Å².